The van der Waals surface area contributed by atoms with E-state index in [-0.39, 0.29) is 0 Å². The Kier molecular flexibility index (Phi) is 5.47. The molecule has 3 aromatic rings. The zero-order valence-electron chi connectivity index (χ0n) is 16.3. The van der Waals surface area contributed by atoms with Gasteiger partial charge in [-0.15, -0.1) is 0 Å². The van der Waals surface area contributed by atoms with Gasteiger partial charge in [0.25, 0.3) is 0 Å². The fourth-order valence-electron chi connectivity index (χ4n) is 4.06. The van der Waals surface area contributed by atoms with Gasteiger partial charge in [0.2, 0.25) is 0 Å². The molecule has 144 valence electrons. The van der Waals surface area contributed by atoms with Crippen LogP contribution in [0.5, 0.6) is 5.75 Å². The van der Waals surface area contributed by atoms with Crippen molar-refractivity contribution in [1.29, 1.82) is 0 Å². The summed E-state index contributed by atoms with van der Waals surface area (Å²) in [6.07, 6.45) is 2.59. The molecule has 1 fully saturated rings. The molecule has 1 N–H and O–H groups in total. The van der Waals surface area contributed by atoms with E-state index in [1.54, 1.807) is 7.11 Å². The number of aliphatic hydroxyl groups is 1. The first-order valence-corrected chi connectivity index (χ1v) is 9.94. The minimum atomic E-state index is -1.21. The quantitative estimate of drug-likeness (QED) is 0.642. The van der Waals surface area contributed by atoms with Gasteiger partial charge in [0.15, 0.2) is 0 Å². The highest BCUT2D eigenvalue weighted by Gasteiger charge is 2.33. The highest BCUT2D eigenvalue weighted by molar-refractivity contribution is 5.48. The minimum Gasteiger partial charge on any atom is -0.497 e. The molecule has 28 heavy (non-hydrogen) atoms. The summed E-state index contributed by atoms with van der Waals surface area (Å²) in [5, 5.41) is 11.9. The predicted octanol–water partition coefficient (Wildman–Crippen LogP) is 4.58. The first kappa shape index (κ1) is 18.7. The third-order valence-electron chi connectivity index (χ3n) is 5.68. The standard InChI is InChI=1S/C25H27NO2/c1-28-24-15-13-23(14-16-24)25(27,21-7-3-2-4-8-21)22-11-9-20(10-12-22)19-26-17-5-6-18-26/h2-4,7-16,27H,5-6,17-19H2,1H3. The van der Waals surface area contributed by atoms with Crippen LogP contribution in [0.15, 0.2) is 78.9 Å². The summed E-state index contributed by atoms with van der Waals surface area (Å²) in [4.78, 5) is 2.49. The lowest BCUT2D eigenvalue weighted by atomic mass is 9.80. The number of nitrogens with zero attached hydrogens (tertiary/aromatic N) is 1. The maximum Gasteiger partial charge on any atom is 0.140 e. The van der Waals surface area contributed by atoms with E-state index in [0.29, 0.717) is 0 Å². The Labute approximate surface area is 167 Å². The molecule has 1 saturated heterocycles. The van der Waals surface area contributed by atoms with Crippen LogP contribution >= 0.6 is 0 Å². The van der Waals surface area contributed by atoms with Crippen LogP contribution < -0.4 is 4.74 Å². The number of hydrogen-bond donors (Lipinski definition) is 1. The molecule has 0 amide bonds. The molecule has 1 aliphatic heterocycles. The summed E-state index contributed by atoms with van der Waals surface area (Å²) >= 11 is 0. The lowest BCUT2D eigenvalue weighted by Crippen LogP contribution is -2.29. The smallest absolute Gasteiger partial charge is 0.140 e. The van der Waals surface area contributed by atoms with E-state index in [4.69, 9.17) is 4.74 Å². The SMILES string of the molecule is COc1ccc(C(O)(c2ccccc2)c2ccc(CN3CCCC3)cc2)cc1. The van der Waals surface area contributed by atoms with Crippen molar-refractivity contribution in [2.45, 2.75) is 25.0 Å². The van der Waals surface area contributed by atoms with Crippen LogP contribution in [-0.2, 0) is 12.1 Å². The minimum absolute atomic E-state index is 0.778. The van der Waals surface area contributed by atoms with Crippen molar-refractivity contribution >= 4 is 0 Å². The van der Waals surface area contributed by atoms with Gasteiger partial charge in [-0.2, -0.15) is 0 Å². The Bertz CT molecular complexity index is 884. The van der Waals surface area contributed by atoms with E-state index in [9.17, 15) is 5.11 Å². The summed E-state index contributed by atoms with van der Waals surface area (Å²) in [5.41, 5.74) is 2.63. The first-order chi connectivity index (χ1) is 13.7. The van der Waals surface area contributed by atoms with Crippen LogP contribution in [0.4, 0.5) is 0 Å². The monoisotopic (exact) mass is 373 g/mol. The Hall–Kier alpha value is -2.62. The molecule has 1 heterocycles. The summed E-state index contributed by atoms with van der Waals surface area (Å²) in [5.74, 6) is 0.778. The maximum absolute atomic E-state index is 11.9. The molecule has 0 aliphatic carbocycles. The topological polar surface area (TPSA) is 32.7 Å². The zero-order chi connectivity index (χ0) is 19.4. The van der Waals surface area contributed by atoms with Gasteiger partial charge < -0.3 is 9.84 Å². The molecule has 0 radical (unpaired) electrons. The van der Waals surface area contributed by atoms with Crippen LogP contribution in [-0.4, -0.2) is 30.2 Å². The summed E-state index contributed by atoms with van der Waals surface area (Å²) < 4.78 is 5.29. The van der Waals surface area contributed by atoms with Gasteiger partial charge in [0.05, 0.1) is 7.11 Å². The lowest BCUT2D eigenvalue weighted by molar-refractivity contribution is 0.125. The van der Waals surface area contributed by atoms with Crippen LogP contribution in [0.3, 0.4) is 0 Å². The van der Waals surface area contributed by atoms with Crippen molar-refractivity contribution in [2.24, 2.45) is 0 Å². The Morgan fingerprint density at radius 2 is 1.32 bits per heavy atom. The summed E-state index contributed by atoms with van der Waals surface area (Å²) in [6, 6.07) is 25.9. The molecule has 0 spiro atoms. The first-order valence-electron chi connectivity index (χ1n) is 9.94. The van der Waals surface area contributed by atoms with Gasteiger partial charge in [0, 0.05) is 6.54 Å². The van der Waals surface area contributed by atoms with Crippen molar-refractivity contribution in [3.8, 4) is 5.75 Å². The summed E-state index contributed by atoms with van der Waals surface area (Å²) in [7, 11) is 1.65. The molecule has 3 nitrogen and oxygen atoms in total. The van der Waals surface area contributed by atoms with E-state index in [0.717, 1.165) is 29.0 Å². The number of benzene rings is 3. The number of likely N-dealkylation sites (tertiary alicyclic amines) is 1. The zero-order valence-corrected chi connectivity index (χ0v) is 16.3. The summed E-state index contributed by atoms with van der Waals surface area (Å²) in [6.45, 7) is 3.34. The molecule has 0 saturated carbocycles. The van der Waals surface area contributed by atoms with Crippen molar-refractivity contribution in [2.75, 3.05) is 20.2 Å². The van der Waals surface area contributed by atoms with Crippen LogP contribution in [0.2, 0.25) is 0 Å². The lowest BCUT2D eigenvalue weighted by Gasteiger charge is -2.30. The van der Waals surface area contributed by atoms with Crippen LogP contribution in [0, 0.1) is 0 Å². The van der Waals surface area contributed by atoms with Gasteiger partial charge in [-0.05, 0) is 60.3 Å². The van der Waals surface area contributed by atoms with Crippen LogP contribution in [0.1, 0.15) is 35.1 Å². The van der Waals surface area contributed by atoms with Crippen molar-refractivity contribution in [1.82, 2.24) is 4.90 Å². The third-order valence-corrected chi connectivity index (χ3v) is 5.68. The normalized spacial score (nSPS) is 16.6. The molecule has 1 unspecified atom stereocenters. The number of rotatable bonds is 6. The Morgan fingerprint density at radius 1 is 0.786 bits per heavy atom. The van der Waals surface area contributed by atoms with Gasteiger partial charge >= 0.3 is 0 Å². The molecule has 3 aromatic carbocycles. The van der Waals surface area contributed by atoms with Crippen LogP contribution in [0.25, 0.3) is 0 Å². The predicted molar refractivity (Wildman–Crippen MR) is 112 cm³/mol. The van der Waals surface area contributed by atoms with Crippen molar-refractivity contribution < 1.29 is 9.84 Å². The highest BCUT2D eigenvalue weighted by atomic mass is 16.5. The second-order valence-electron chi connectivity index (χ2n) is 7.49. The molecule has 3 heteroatoms. The Morgan fingerprint density at radius 3 is 1.89 bits per heavy atom. The van der Waals surface area contributed by atoms with Crippen molar-refractivity contribution in [3.63, 3.8) is 0 Å². The maximum atomic E-state index is 11.9. The molecular weight excluding hydrogens is 346 g/mol. The van der Waals surface area contributed by atoms with E-state index in [2.05, 4.69) is 29.2 Å². The molecular formula is C25H27NO2. The number of ether oxygens (including phenoxy) is 1. The highest BCUT2D eigenvalue weighted by Crippen LogP contribution is 2.37. The second-order valence-corrected chi connectivity index (χ2v) is 7.49. The van der Waals surface area contributed by atoms with Gasteiger partial charge in [-0.25, -0.2) is 0 Å². The second kappa shape index (κ2) is 8.17. The molecule has 0 bridgehead atoms. The van der Waals surface area contributed by atoms with Crippen molar-refractivity contribution in [3.05, 3.63) is 101 Å². The van der Waals surface area contributed by atoms with E-state index in [1.807, 2.05) is 54.6 Å². The van der Waals surface area contributed by atoms with E-state index >= 15 is 0 Å². The molecule has 0 aromatic heterocycles. The number of methoxy groups -OCH3 is 1. The Balaban J connectivity index is 1.70. The molecule has 1 aliphatic rings. The van der Waals surface area contributed by atoms with E-state index in [1.165, 1.54) is 31.5 Å². The average Bonchev–Trinajstić information content (AvgIpc) is 3.27. The average molecular weight is 373 g/mol. The van der Waals surface area contributed by atoms with Gasteiger partial charge in [-0.1, -0.05) is 66.7 Å². The molecule has 4 rings (SSSR count). The largest absolute Gasteiger partial charge is 0.497 e. The van der Waals surface area contributed by atoms with Gasteiger partial charge in [0.1, 0.15) is 11.4 Å². The fourth-order valence-corrected chi connectivity index (χ4v) is 4.06. The van der Waals surface area contributed by atoms with E-state index < -0.39 is 5.60 Å². The molecule has 1 atom stereocenters. The fraction of sp³-hybridized carbons (Fsp3) is 0.280. The van der Waals surface area contributed by atoms with Gasteiger partial charge in [-0.3, -0.25) is 4.90 Å². The third kappa shape index (κ3) is 3.68. The number of hydrogen-bond acceptors (Lipinski definition) is 3.